The molecule has 2 saturated carbocycles. The molecule has 0 unspecified atom stereocenters. The van der Waals surface area contributed by atoms with E-state index in [2.05, 4.69) is 0 Å². The minimum atomic E-state index is 0.0457. The second-order valence-electron chi connectivity index (χ2n) is 5.36. The minimum Gasteiger partial charge on any atom is -0.398 e. The van der Waals surface area contributed by atoms with Crippen LogP contribution < -0.4 is 5.73 Å². The maximum atomic E-state index is 12.5. The van der Waals surface area contributed by atoms with Gasteiger partial charge in [-0.15, -0.1) is 0 Å². The third-order valence-electron chi connectivity index (χ3n) is 3.65. The van der Waals surface area contributed by atoms with Gasteiger partial charge in [-0.25, -0.2) is 0 Å². The Bertz CT molecular complexity index is 481. The van der Waals surface area contributed by atoms with E-state index in [1.807, 2.05) is 4.90 Å². The number of benzene rings is 1. The van der Waals surface area contributed by atoms with Gasteiger partial charge >= 0.3 is 0 Å². The zero-order valence-electron chi connectivity index (χ0n) is 10.2. The molecule has 0 saturated heterocycles. The number of nitrogen functional groups attached to an aromatic ring is 1. The van der Waals surface area contributed by atoms with Crippen molar-refractivity contribution in [2.75, 3.05) is 12.3 Å². The average Bonchev–Trinajstić information content (AvgIpc) is 3.21. The lowest BCUT2D eigenvalue weighted by molar-refractivity contribution is 0.0736. The Morgan fingerprint density at radius 2 is 2.06 bits per heavy atom. The summed E-state index contributed by atoms with van der Waals surface area (Å²) < 4.78 is 0. The van der Waals surface area contributed by atoms with Gasteiger partial charge in [-0.05, 0) is 49.8 Å². The van der Waals surface area contributed by atoms with Gasteiger partial charge in [-0.3, -0.25) is 4.79 Å². The largest absolute Gasteiger partial charge is 0.398 e. The van der Waals surface area contributed by atoms with Crippen molar-refractivity contribution in [1.82, 2.24) is 4.90 Å². The summed E-state index contributed by atoms with van der Waals surface area (Å²) in [5, 5.41) is 0.565. The smallest absolute Gasteiger partial charge is 0.256 e. The fourth-order valence-corrected chi connectivity index (χ4v) is 2.40. The van der Waals surface area contributed by atoms with Crippen LogP contribution in [-0.2, 0) is 0 Å². The van der Waals surface area contributed by atoms with E-state index in [0.717, 1.165) is 19.4 Å². The third kappa shape index (κ3) is 2.46. The minimum absolute atomic E-state index is 0.0457. The van der Waals surface area contributed by atoms with E-state index in [-0.39, 0.29) is 5.91 Å². The van der Waals surface area contributed by atoms with E-state index in [1.165, 1.54) is 12.8 Å². The first-order chi connectivity index (χ1) is 8.65. The van der Waals surface area contributed by atoms with Gasteiger partial charge in [-0.2, -0.15) is 0 Å². The molecule has 2 aliphatic carbocycles. The summed E-state index contributed by atoms with van der Waals surface area (Å²) in [4.78, 5) is 14.5. The maximum Gasteiger partial charge on any atom is 0.256 e. The molecule has 3 nitrogen and oxygen atoms in total. The Morgan fingerprint density at radius 3 is 2.67 bits per heavy atom. The number of hydrogen-bond donors (Lipinski definition) is 1. The van der Waals surface area contributed by atoms with Crippen LogP contribution in [0.2, 0.25) is 5.02 Å². The van der Waals surface area contributed by atoms with E-state index in [1.54, 1.807) is 18.2 Å². The fraction of sp³-hybridized carbons (Fsp3) is 0.500. The van der Waals surface area contributed by atoms with Crippen LogP contribution in [0.4, 0.5) is 5.69 Å². The van der Waals surface area contributed by atoms with Gasteiger partial charge in [0, 0.05) is 23.3 Å². The van der Waals surface area contributed by atoms with Crippen molar-refractivity contribution in [3.63, 3.8) is 0 Å². The van der Waals surface area contributed by atoms with Crippen LogP contribution in [0.15, 0.2) is 18.2 Å². The standard InChI is InChI=1S/C14H17ClN2O/c15-10-3-6-13(16)12(7-10)14(18)17(11-4-5-11)8-9-1-2-9/h3,6-7,9,11H,1-2,4-5,8,16H2. The van der Waals surface area contributed by atoms with Crippen LogP contribution in [0.5, 0.6) is 0 Å². The Labute approximate surface area is 112 Å². The molecular formula is C14H17ClN2O. The quantitative estimate of drug-likeness (QED) is 0.850. The molecule has 4 heteroatoms. The summed E-state index contributed by atoms with van der Waals surface area (Å²) in [6.45, 7) is 0.884. The van der Waals surface area contributed by atoms with Crippen molar-refractivity contribution in [2.45, 2.75) is 31.7 Å². The number of halogens is 1. The number of anilines is 1. The normalized spacial score (nSPS) is 18.7. The summed E-state index contributed by atoms with van der Waals surface area (Å²) >= 11 is 5.95. The summed E-state index contributed by atoms with van der Waals surface area (Å²) in [5.41, 5.74) is 6.96. The lowest BCUT2D eigenvalue weighted by atomic mass is 10.1. The third-order valence-corrected chi connectivity index (χ3v) is 3.88. The number of amides is 1. The number of nitrogens with two attached hydrogens (primary N) is 1. The fourth-order valence-electron chi connectivity index (χ4n) is 2.23. The molecule has 0 aromatic heterocycles. The number of carbonyl (C=O) groups is 1. The highest BCUT2D eigenvalue weighted by molar-refractivity contribution is 6.31. The van der Waals surface area contributed by atoms with Crippen molar-refractivity contribution in [1.29, 1.82) is 0 Å². The first-order valence-electron chi connectivity index (χ1n) is 6.51. The summed E-state index contributed by atoms with van der Waals surface area (Å²) in [7, 11) is 0. The molecule has 96 valence electrons. The lowest BCUT2D eigenvalue weighted by Gasteiger charge is -2.23. The zero-order valence-corrected chi connectivity index (χ0v) is 11.0. The number of rotatable bonds is 4. The highest BCUT2D eigenvalue weighted by Gasteiger charge is 2.37. The van der Waals surface area contributed by atoms with E-state index >= 15 is 0 Å². The van der Waals surface area contributed by atoms with Gasteiger partial charge in [0.05, 0.1) is 5.56 Å². The number of carbonyl (C=O) groups excluding carboxylic acids is 1. The zero-order chi connectivity index (χ0) is 12.7. The van der Waals surface area contributed by atoms with Crippen LogP contribution >= 0.6 is 11.6 Å². The molecule has 1 aromatic rings. The molecule has 0 heterocycles. The molecule has 0 radical (unpaired) electrons. The predicted molar refractivity (Wildman–Crippen MR) is 72.6 cm³/mol. The first-order valence-corrected chi connectivity index (χ1v) is 6.89. The molecule has 0 bridgehead atoms. The number of hydrogen-bond acceptors (Lipinski definition) is 2. The Hall–Kier alpha value is -1.22. The lowest BCUT2D eigenvalue weighted by Crippen LogP contribution is -2.35. The van der Waals surface area contributed by atoms with E-state index in [4.69, 9.17) is 17.3 Å². The summed E-state index contributed by atoms with van der Waals surface area (Å²) in [6.07, 6.45) is 4.75. The van der Waals surface area contributed by atoms with Crippen LogP contribution in [-0.4, -0.2) is 23.4 Å². The summed E-state index contributed by atoms with van der Waals surface area (Å²) in [6, 6.07) is 5.53. The first kappa shape index (κ1) is 11.8. The second-order valence-corrected chi connectivity index (χ2v) is 5.80. The monoisotopic (exact) mass is 264 g/mol. The Morgan fingerprint density at radius 1 is 1.33 bits per heavy atom. The van der Waals surface area contributed by atoms with Crippen LogP contribution in [0.25, 0.3) is 0 Å². The molecule has 3 rings (SSSR count). The highest BCUT2D eigenvalue weighted by Crippen LogP contribution is 2.36. The average molecular weight is 265 g/mol. The maximum absolute atomic E-state index is 12.5. The molecule has 0 aliphatic heterocycles. The van der Waals surface area contributed by atoms with Gasteiger partial charge in [0.2, 0.25) is 0 Å². The van der Waals surface area contributed by atoms with Gasteiger partial charge in [0.25, 0.3) is 5.91 Å². The molecule has 2 fully saturated rings. The Balaban J connectivity index is 1.83. The Kier molecular flexibility index (Phi) is 2.94. The van der Waals surface area contributed by atoms with Crippen LogP contribution in [0, 0.1) is 5.92 Å². The van der Waals surface area contributed by atoms with E-state index < -0.39 is 0 Å². The molecule has 1 aromatic carbocycles. The molecule has 18 heavy (non-hydrogen) atoms. The molecule has 0 atom stereocenters. The number of nitrogens with zero attached hydrogens (tertiary/aromatic N) is 1. The molecular weight excluding hydrogens is 248 g/mol. The van der Waals surface area contributed by atoms with Crippen LogP contribution in [0.1, 0.15) is 36.0 Å². The van der Waals surface area contributed by atoms with Crippen molar-refractivity contribution >= 4 is 23.2 Å². The van der Waals surface area contributed by atoms with E-state index in [0.29, 0.717) is 28.2 Å². The van der Waals surface area contributed by atoms with Crippen molar-refractivity contribution in [3.8, 4) is 0 Å². The predicted octanol–water partition coefficient (Wildman–Crippen LogP) is 2.94. The second kappa shape index (κ2) is 4.47. The van der Waals surface area contributed by atoms with Crippen molar-refractivity contribution in [3.05, 3.63) is 28.8 Å². The van der Waals surface area contributed by atoms with Crippen molar-refractivity contribution in [2.24, 2.45) is 5.92 Å². The van der Waals surface area contributed by atoms with Crippen LogP contribution in [0.3, 0.4) is 0 Å². The molecule has 1 amide bonds. The molecule has 2 aliphatic rings. The molecule has 2 N–H and O–H groups in total. The van der Waals surface area contributed by atoms with Crippen molar-refractivity contribution < 1.29 is 4.79 Å². The van der Waals surface area contributed by atoms with Gasteiger partial charge in [-0.1, -0.05) is 11.6 Å². The van der Waals surface area contributed by atoms with E-state index in [9.17, 15) is 4.79 Å². The van der Waals surface area contributed by atoms with Gasteiger partial charge < -0.3 is 10.6 Å². The van der Waals surface area contributed by atoms with Gasteiger partial charge in [0.15, 0.2) is 0 Å². The highest BCUT2D eigenvalue weighted by atomic mass is 35.5. The SMILES string of the molecule is Nc1ccc(Cl)cc1C(=O)N(CC1CC1)C1CC1. The topological polar surface area (TPSA) is 46.3 Å². The summed E-state index contributed by atoms with van der Waals surface area (Å²) in [5.74, 6) is 0.749. The molecule has 0 spiro atoms. The van der Waals surface area contributed by atoms with Gasteiger partial charge in [0.1, 0.15) is 0 Å².